The molecule has 0 aliphatic heterocycles. The molecule has 0 spiro atoms. The van der Waals surface area contributed by atoms with Gasteiger partial charge in [0.1, 0.15) is 17.1 Å². The lowest BCUT2D eigenvalue weighted by Crippen LogP contribution is -2.35. The molecule has 0 aliphatic carbocycles. The number of carbonyl (C=O) groups excluding carboxylic acids is 1. The third-order valence-corrected chi connectivity index (χ3v) is 3.07. The van der Waals surface area contributed by atoms with Crippen LogP contribution in [0, 0.1) is 18.8 Å². The van der Waals surface area contributed by atoms with Crippen molar-refractivity contribution in [1.82, 2.24) is 0 Å². The fraction of sp³-hybridized carbons (Fsp3) is 0.278. The minimum Gasteiger partial charge on any atom is -0.464 e. The van der Waals surface area contributed by atoms with E-state index < -0.39 is 11.6 Å². The molecule has 0 fully saturated rings. The number of rotatable bonds is 3. The number of aliphatic hydroxyl groups is 1. The van der Waals surface area contributed by atoms with Crippen molar-refractivity contribution in [2.45, 2.75) is 32.9 Å². The van der Waals surface area contributed by atoms with Crippen LogP contribution in [-0.2, 0) is 6.54 Å². The zero-order valence-corrected chi connectivity index (χ0v) is 13.5. The lowest BCUT2D eigenvalue weighted by atomic mass is 10.1. The van der Waals surface area contributed by atoms with E-state index in [0.717, 1.165) is 11.3 Å². The first kappa shape index (κ1) is 16.7. The molecular weight excluding hydrogens is 292 g/mol. The van der Waals surface area contributed by atoms with Gasteiger partial charge in [-0.25, -0.2) is 4.79 Å². The van der Waals surface area contributed by atoms with Crippen molar-refractivity contribution in [1.29, 1.82) is 0 Å². The molecule has 0 bridgehead atoms. The van der Waals surface area contributed by atoms with E-state index in [1.165, 1.54) is 4.90 Å². The number of amides is 2. The topological polar surface area (TPSA) is 79.7 Å². The summed E-state index contributed by atoms with van der Waals surface area (Å²) in [5.74, 6) is 7.06. The average molecular weight is 312 g/mol. The van der Waals surface area contributed by atoms with Gasteiger partial charge in [0.2, 0.25) is 0 Å². The van der Waals surface area contributed by atoms with Gasteiger partial charge in [0.25, 0.3) is 0 Å². The summed E-state index contributed by atoms with van der Waals surface area (Å²) in [6.07, 6.45) is 0. The summed E-state index contributed by atoms with van der Waals surface area (Å²) in [4.78, 5) is 13.1. The zero-order chi connectivity index (χ0) is 17.0. The van der Waals surface area contributed by atoms with E-state index in [1.54, 1.807) is 38.1 Å². The smallest absolute Gasteiger partial charge is 0.319 e. The van der Waals surface area contributed by atoms with Crippen molar-refractivity contribution >= 4 is 11.7 Å². The van der Waals surface area contributed by atoms with Gasteiger partial charge < -0.3 is 15.3 Å². The monoisotopic (exact) mass is 312 g/mol. The van der Waals surface area contributed by atoms with E-state index in [9.17, 15) is 9.90 Å². The minimum atomic E-state index is -1.05. The van der Waals surface area contributed by atoms with Crippen molar-refractivity contribution in [3.05, 3.63) is 53.5 Å². The number of furan rings is 1. The molecule has 1 heterocycles. The predicted octanol–water partition coefficient (Wildman–Crippen LogP) is 2.80. The molecule has 0 saturated heterocycles. The Balaban J connectivity index is 2.20. The SMILES string of the molecule is Cc1ccc(CN(C(N)=O)c2ccc(C#CC(C)(C)O)cc2)o1. The van der Waals surface area contributed by atoms with Crippen LogP contribution in [0.3, 0.4) is 0 Å². The van der Waals surface area contributed by atoms with Crippen LogP contribution in [0.2, 0.25) is 0 Å². The van der Waals surface area contributed by atoms with E-state index in [0.29, 0.717) is 11.4 Å². The Bertz CT molecular complexity index is 743. The summed E-state index contributed by atoms with van der Waals surface area (Å²) in [5.41, 5.74) is 5.81. The first-order valence-electron chi connectivity index (χ1n) is 7.22. The molecule has 1 aromatic heterocycles. The Labute approximate surface area is 135 Å². The molecule has 2 amide bonds. The summed E-state index contributed by atoms with van der Waals surface area (Å²) in [7, 11) is 0. The number of anilines is 1. The summed E-state index contributed by atoms with van der Waals surface area (Å²) < 4.78 is 5.49. The summed E-state index contributed by atoms with van der Waals surface area (Å²) in [6.45, 7) is 5.34. The van der Waals surface area contributed by atoms with Gasteiger partial charge in [-0.05, 0) is 57.2 Å². The molecule has 5 nitrogen and oxygen atoms in total. The Morgan fingerprint density at radius 3 is 2.39 bits per heavy atom. The highest BCUT2D eigenvalue weighted by Gasteiger charge is 2.15. The molecule has 23 heavy (non-hydrogen) atoms. The van der Waals surface area contributed by atoms with Crippen LogP contribution in [0.4, 0.5) is 10.5 Å². The molecule has 1 aromatic carbocycles. The van der Waals surface area contributed by atoms with Crippen LogP contribution >= 0.6 is 0 Å². The normalized spacial score (nSPS) is 10.8. The van der Waals surface area contributed by atoms with Gasteiger partial charge >= 0.3 is 6.03 Å². The molecular formula is C18H20N2O3. The molecule has 0 radical (unpaired) electrons. The Morgan fingerprint density at radius 1 is 1.26 bits per heavy atom. The number of aryl methyl sites for hydroxylation is 1. The van der Waals surface area contributed by atoms with E-state index in [2.05, 4.69) is 11.8 Å². The fourth-order valence-electron chi connectivity index (χ4n) is 1.97. The molecule has 3 N–H and O–H groups in total. The van der Waals surface area contributed by atoms with Crippen LogP contribution in [0.15, 0.2) is 40.8 Å². The maximum Gasteiger partial charge on any atom is 0.319 e. The third-order valence-electron chi connectivity index (χ3n) is 3.07. The van der Waals surface area contributed by atoms with Gasteiger partial charge in [0, 0.05) is 11.3 Å². The summed E-state index contributed by atoms with van der Waals surface area (Å²) in [6, 6.07) is 10.2. The standard InChI is InChI=1S/C18H20N2O3/c1-13-4-9-16(23-13)12-20(17(19)21)15-7-5-14(6-8-15)10-11-18(2,3)22/h4-9,22H,12H2,1-3H3,(H2,19,21). The second kappa shape index (κ2) is 6.59. The molecule has 5 heteroatoms. The third kappa shape index (κ3) is 4.90. The van der Waals surface area contributed by atoms with Gasteiger partial charge in [0.05, 0.1) is 6.54 Å². The van der Waals surface area contributed by atoms with Crippen molar-refractivity contribution in [3.8, 4) is 11.8 Å². The molecule has 0 aliphatic rings. The van der Waals surface area contributed by atoms with Gasteiger partial charge in [-0.1, -0.05) is 11.8 Å². The quantitative estimate of drug-likeness (QED) is 0.855. The van der Waals surface area contributed by atoms with Crippen molar-refractivity contribution in [3.63, 3.8) is 0 Å². The number of urea groups is 1. The summed E-state index contributed by atoms with van der Waals surface area (Å²) in [5, 5.41) is 9.61. The van der Waals surface area contributed by atoms with Crippen LogP contribution in [0.25, 0.3) is 0 Å². The van der Waals surface area contributed by atoms with E-state index in [1.807, 2.05) is 19.1 Å². The van der Waals surface area contributed by atoms with Gasteiger partial charge in [-0.15, -0.1) is 0 Å². The molecule has 2 aromatic rings. The zero-order valence-electron chi connectivity index (χ0n) is 13.5. The maximum absolute atomic E-state index is 11.7. The van der Waals surface area contributed by atoms with E-state index in [-0.39, 0.29) is 6.54 Å². The maximum atomic E-state index is 11.7. The highest BCUT2D eigenvalue weighted by Crippen LogP contribution is 2.19. The molecule has 0 unspecified atom stereocenters. The predicted molar refractivity (Wildman–Crippen MR) is 88.8 cm³/mol. The van der Waals surface area contributed by atoms with Gasteiger partial charge in [0.15, 0.2) is 0 Å². The number of primary amides is 1. The first-order chi connectivity index (χ1) is 10.7. The fourth-order valence-corrected chi connectivity index (χ4v) is 1.97. The second-order valence-corrected chi connectivity index (χ2v) is 5.79. The lowest BCUT2D eigenvalue weighted by Gasteiger charge is -2.19. The molecule has 120 valence electrons. The highest BCUT2D eigenvalue weighted by molar-refractivity contribution is 5.90. The van der Waals surface area contributed by atoms with Crippen LogP contribution in [0.5, 0.6) is 0 Å². The molecule has 0 saturated carbocycles. The summed E-state index contributed by atoms with van der Waals surface area (Å²) >= 11 is 0. The first-order valence-corrected chi connectivity index (χ1v) is 7.22. The number of benzene rings is 1. The number of hydrogen-bond acceptors (Lipinski definition) is 3. The van der Waals surface area contributed by atoms with Crippen LogP contribution < -0.4 is 10.6 Å². The van der Waals surface area contributed by atoms with Gasteiger partial charge in [-0.3, -0.25) is 4.90 Å². The van der Waals surface area contributed by atoms with Crippen LogP contribution in [0.1, 0.15) is 30.9 Å². The minimum absolute atomic E-state index is 0.262. The van der Waals surface area contributed by atoms with E-state index >= 15 is 0 Å². The van der Waals surface area contributed by atoms with Crippen molar-refractivity contribution in [2.75, 3.05) is 4.90 Å². The average Bonchev–Trinajstić information content (AvgIpc) is 2.88. The Morgan fingerprint density at radius 2 is 1.91 bits per heavy atom. The Hall–Kier alpha value is -2.71. The number of carbonyl (C=O) groups is 1. The van der Waals surface area contributed by atoms with Crippen molar-refractivity contribution in [2.24, 2.45) is 5.73 Å². The van der Waals surface area contributed by atoms with E-state index in [4.69, 9.17) is 10.2 Å². The van der Waals surface area contributed by atoms with Crippen molar-refractivity contribution < 1.29 is 14.3 Å². The molecule has 0 atom stereocenters. The van der Waals surface area contributed by atoms with Crippen LogP contribution in [-0.4, -0.2) is 16.7 Å². The number of nitrogens with two attached hydrogens (primary N) is 1. The lowest BCUT2D eigenvalue weighted by molar-refractivity contribution is 0.143. The largest absolute Gasteiger partial charge is 0.464 e. The highest BCUT2D eigenvalue weighted by atomic mass is 16.3. The number of nitrogens with zero attached hydrogens (tertiary/aromatic N) is 1. The number of hydrogen-bond donors (Lipinski definition) is 2. The Kier molecular flexibility index (Phi) is 4.77. The van der Waals surface area contributed by atoms with Gasteiger partial charge in [-0.2, -0.15) is 0 Å². The molecule has 2 rings (SSSR count). The second-order valence-electron chi connectivity index (χ2n) is 5.79.